The van der Waals surface area contributed by atoms with Gasteiger partial charge in [0.1, 0.15) is 160 Å². The van der Waals surface area contributed by atoms with Crippen LogP contribution < -0.4 is 104 Å². The van der Waals surface area contributed by atoms with Crippen molar-refractivity contribution in [2.45, 2.75) is 0 Å². The van der Waals surface area contributed by atoms with E-state index >= 15 is 0 Å². The average Bonchev–Trinajstić information content (AvgIpc) is 3.75. The van der Waals surface area contributed by atoms with Crippen molar-refractivity contribution in [1.82, 2.24) is 15.0 Å². The van der Waals surface area contributed by atoms with E-state index in [9.17, 15) is 0 Å². The first-order chi connectivity index (χ1) is 33.2. The van der Waals surface area contributed by atoms with Gasteiger partial charge in [-0.15, -0.1) is 21.9 Å². The van der Waals surface area contributed by atoms with Crippen molar-refractivity contribution in [2.75, 3.05) is 0 Å². The maximum absolute atomic E-state index is 7.55. The fourth-order valence-electron chi connectivity index (χ4n) is 12.7. The first-order valence-corrected chi connectivity index (χ1v) is 25.1. The molecule has 0 saturated carbocycles. The molecule has 10 aromatic rings. The zero-order valence-electron chi connectivity index (χ0n) is 45.0. The van der Waals surface area contributed by atoms with Crippen molar-refractivity contribution in [1.29, 1.82) is 0 Å². The lowest BCUT2D eigenvalue weighted by Crippen LogP contribution is -2.53. The van der Waals surface area contributed by atoms with E-state index in [-0.39, 0.29) is 0 Å². The van der Waals surface area contributed by atoms with Crippen LogP contribution in [0.25, 0.3) is 99.9 Å². The SMILES string of the molecule is Bc1c(B)c(-c2c(B)c(-c3nc(-c4ccccc4)nc(-c4ccccc4)n3)c3oc4c5c(B)c(B)c(B)c(B)c5c(B)c(B)c4c3c2B)c(B)c(B)c1-c1c(B)c(B)c2c(B)c(B)c(B)c(B)c2c1B. The van der Waals surface area contributed by atoms with E-state index in [0.717, 1.165) is 38.7 Å². The Morgan fingerprint density at radius 1 is 0.229 bits per heavy atom. The van der Waals surface area contributed by atoms with Crippen molar-refractivity contribution in [3.05, 3.63) is 60.7 Å². The molecule has 8 aromatic carbocycles. The third kappa shape index (κ3) is 6.75. The highest BCUT2D eigenvalue weighted by molar-refractivity contribution is 6.75. The van der Waals surface area contributed by atoms with Crippen LogP contribution in [-0.4, -0.2) is 164 Å². The van der Waals surface area contributed by atoms with Crippen LogP contribution in [0.5, 0.6) is 0 Å². The summed E-state index contributed by atoms with van der Waals surface area (Å²) in [6.07, 6.45) is 0. The zero-order chi connectivity index (χ0) is 50.3. The number of hydrogen-bond acceptors (Lipinski definition) is 4. The molecule has 0 radical (unpaired) electrons. The number of rotatable bonds is 5. The number of hydrogen-bond donors (Lipinski definition) is 0. The lowest BCUT2D eigenvalue weighted by atomic mass is 9.55. The molecule has 0 aliphatic rings. The molecule has 0 aliphatic heterocycles. The summed E-state index contributed by atoms with van der Waals surface area (Å²) in [4.78, 5) is 16.0. The second kappa shape index (κ2) is 17.3. The summed E-state index contributed by atoms with van der Waals surface area (Å²) in [5.41, 5.74) is 34.7. The van der Waals surface area contributed by atoms with Crippen LogP contribution in [0.3, 0.4) is 0 Å². The number of fused-ring (bicyclic) bond motifs is 6. The smallest absolute Gasteiger partial charge is 0.167 e. The topological polar surface area (TPSA) is 51.8 Å². The molecule has 0 fully saturated rings. The molecule has 0 bridgehead atoms. The molecule has 0 N–H and O–H groups in total. The molecule has 70 heavy (non-hydrogen) atoms. The van der Waals surface area contributed by atoms with Crippen LogP contribution in [0.1, 0.15) is 0 Å². The van der Waals surface area contributed by atoms with Crippen LogP contribution in [0.2, 0.25) is 0 Å². The van der Waals surface area contributed by atoms with Gasteiger partial charge in [0.15, 0.2) is 17.5 Å². The second-order valence-electron chi connectivity index (χ2n) is 20.8. The van der Waals surface area contributed by atoms with Gasteiger partial charge < -0.3 is 4.42 Å². The maximum Gasteiger partial charge on any atom is 0.167 e. The number of furan rings is 1. The van der Waals surface area contributed by atoms with Crippen molar-refractivity contribution in [2.24, 2.45) is 0 Å². The van der Waals surface area contributed by atoms with E-state index in [0.29, 0.717) is 17.5 Å². The summed E-state index contributed by atoms with van der Waals surface area (Å²) in [7, 11) is 43.9. The highest BCUT2D eigenvalue weighted by atomic mass is 16.3. The lowest BCUT2D eigenvalue weighted by molar-refractivity contribution is 0.674. The quantitative estimate of drug-likeness (QED) is 0.162. The minimum Gasteiger partial charge on any atom is -0.455 e. The summed E-state index contributed by atoms with van der Waals surface area (Å²) in [6.45, 7) is 0. The van der Waals surface area contributed by atoms with Crippen LogP contribution in [0.15, 0.2) is 65.1 Å². The minimum absolute atomic E-state index is 0.601. The average molecular weight is 876 g/mol. The maximum atomic E-state index is 7.55. The Kier molecular flexibility index (Phi) is 11.8. The van der Waals surface area contributed by atoms with Crippen LogP contribution in [-0.2, 0) is 0 Å². The van der Waals surface area contributed by atoms with Gasteiger partial charge in [0.25, 0.3) is 0 Å². The van der Waals surface area contributed by atoms with Crippen molar-refractivity contribution in [3.8, 4) is 56.4 Å². The standard InChI is InChI=1S/C47H48B19N3O/c48-24-14(27(51)32(56)18-15(24)34(58)39(63)40(64)35(18)59)17-30(54)28(52)16(29(53)31(17)55)13-25(49)21-22-37(61)33(57)19-20(38(62)42(66)41(65)36(19)60)43(22)70-44(21)23(26(13)50)47-68-45(11-7-3-1-4-8-11)67-46(69-47)12-9-5-2-6-10-12/h1-10H,48-66H2. The summed E-state index contributed by atoms with van der Waals surface area (Å²) >= 11 is 0. The van der Waals surface area contributed by atoms with Gasteiger partial charge in [0, 0.05) is 27.3 Å². The molecule has 2 heterocycles. The Labute approximate surface area is 430 Å². The summed E-state index contributed by atoms with van der Waals surface area (Å²) in [6, 6.07) is 20.6. The van der Waals surface area contributed by atoms with Gasteiger partial charge in [-0.2, -0.15) is 0 Å². The van der Waals surface area contributed by atoms with Crippen LogP contribution in [0, 0.1) is 0 Å². The monoisotopic (exact) mass is 880 g/mol. The van der Waals surface area contributed by atoms with E-state index in [4.69, 9.17) is 19.4 Å². The molecule has 2 aromatic heterocycles. The Bertz CT molecular complexity index is 3910. The van der Waals surface area contributed by atoms with Crippen molar-refractivity contribution < 1.29 is 4.42 Å². The molecule has 0 saturated heterocycles. The van der Waals surface area contributed by atoms with Crippen molar-refractivity contribution >= 4 is 296 Å². The van der Waals surface area contributed by atoms with E-state index in [1.807, 2.05) is 36.4 Å². The van der Waals surface area contributed by atoms with E-state index in [2.05, 4.69) is 173 Å². The van der Waals surface area contributed by atoms with E-state index < -0.39 is 0 Å². The zero-order valence-corrected chi connectivity index (χ0v) is 45.0. The molecular weight excluding hydrogens is 828 g/mol. The molecule has 0 unspecified atom stereocenters. The van der Waals surface area contributed by atoms with E-state index in [1.54, 1.807) is 0 Å². The Morgan fingerprint density at radius 2 is 0.500 bits per heavy atom. The lowest BCUT2D eigenvalue weighted by Gasteiger charge is -2.29. The first-order valence-electron chi connectivity index (χ1n) is 25.1. The Morgan fingerprint density at radius 3 is 0.957 bits per heavy atom. The number of benzene rings is 8. The van der Waals surface area contributed by atoms with Gasteiger partial charge in [0.05, 0.1) is 5.56 Å². The molecule has 0 atom stereocenters. The summed E-state index contributed by atoms with van der Waals surface area (Å²) < 4.78 is 7.55. The third-order valence-electron chi connectivity index (χ3n) is 17.7. The molecule has 314 valence electrons. The van der Waals surface area contributed by atoms with Gasteiger partial charge in [-0.1, -0.05) is 143 Å². The highest BCUT2D eigenvalue weighted by Crippen LogP contribution is 2.37. The van der Waals surface area contributed by atoms with Gasteiger partial charge >= 0.3 is 0 Å². The van der Waals surface area contributed by atoms with Crippen LogP contribution >= 0.6 is 0 Å². The molecule has 4 nitrogen and oxygen atoms in total. The molecule has 0 aliphatic carbocycles. The largest absolute Gasteiger partial charge is 0.455 e. The summed E-state index contributed by atoms with van der Waals surface area (Å²) in [5.74, 6) is 1.85. The van der Waals surface area contributed by atoms with Crippen LogP contribution in [0.4, 0.5) is 0 Å². The Hall–Kier alpha value is -5.68. The predicted molar refractivity (Wildman–Crippen MR) is 365 cm³/mol. The molecular formula is C47H48B19N3O. The van der Waals surface area contributed by atoms with Gasteiger partial charge in [-0.3, -0.25) is 0 Å². The number of aromatic nitrogens is 3. The summed E-state index contributed by atoms with van der Waals surface area (Å²) in [5, 5.41) is 7.59. The second-order valence-corrected chi connectivity index (χ2v) is 20.8. The molecule has 0 spiro atoms. The van der Waals surface area contributed by atoms with Crippen molar-refractivity contribution in [3.63, 3.8) is 0 Å². The first kappa shape index (κ1) is 48.0. The fraction of sp³-hybridized carbons (Fsp3) is 0. The number of nitrogens with zero attached hydrogens (tertiary/aromatic N) is 3. The van der Waals surface area contributed by atoms with Gasteiger partial charge in [-0.05, 0) is 38.4 Å². The third-order valence-corrected chi connectivity index (χ3v) is 17.7. The Balaban J connectivity index is 1.38. The fourth-order valence-corrected chi connectivity index (χ4v) is 12.7. The molecule has 10 rings (SSSR count). The minimum atomic E-state index is 0.601. The highest BCUT2D eigenvalue weighted by Gasteiger charge is 2.30. The predicted octanol–water partition coefficient (Wildman–Crippen LogP) is -20.7. The van der Waals surface area contributed by atoms with Gasteiger partial charge in [0.2, 0.25) is 0 Å². The van der Waals surface area contributed by atoms with Gasteiger partial charge in [-0.25, -0.2) is 15.0 Å². The van der Waals surface area contributed by atoms with E-state index in [1.165, 1.54) is 148 Å². The molecule has 0 amide bonds. The normalized spacial score (nSPS) is 11.7. The molecule has 23 heteroatoms.